The Morgan fingerprint density at radius 2 is 2.17 bits per heavy atom. The first-order valence-corrected chi connectivity index (χ1v) is 7.97. The summed E-state index contributed by atoms with van der Waals surface area (Å²) in [6, 6.07) is 2.12. The summed E-state index contributed by atoms with van der Waals surface area (Å²) in [5.41, 5.74) is 3.03. The molecule has 2 amide bonds. The van der Waals surface area contributed by atoms with Gasteiger partial charge in [-0.2, -0.15) is 10.4 Å². The molecule has 7 nitrogen and oxygen atoms in total. The molecule has 0 atom stereocenters. The van der Waals surface area contributed by atoms with Crippen molar-refractivity contribution in [1.82, 2.24) is 20.0 Å². The van der Waals surface area contributed by atoms with Gasteiger partial charge >= 0.3 is 0 Å². The van der Waals surface area contributed by atoms with E-state index in [2.05, 4.69) is 16.5 Å². The quantitative estimate of drug-likeness (QED) is 0.865. The van der Waals surface area contributed by atoms with Crippen LogP contribution in [0.15, 0.2) is 0 Å². The van der Waals surface area contributed by atoms with E-state index in [1.54, 1.807) is 4.90 Å². The average molecular weight is 317 g/mol. The van der Waals surface area contributed by atoms with Gasteiger partial charge in [0.2, 0.25) is 11.8 Å². The number of amides is 2. The molecular weight excluding hydrogens is 294 g/mol. The van der Waals surface area contributed by atoms with Gasteiger partial charge in [-0.1, -0.05) is 0 Å². The molecule has 1 aromatic heterocycles. The average Bonchev–Trinajstić information content (AvgIpc) is 2.68. The van der Waals surface area contributed by atoms with Gasteiger partial charge in [-0.25, -0.2) is 0 Å². The van der Waals surface area contributed by atoms with Crippen molar-refractivity contribution in [2.24, 2.45) is 0 Å². The van der Waals surface area contributed by atoms with Crippen molar-refractivity contribution in [1.29, 1.82) is 5.26 Å². The van der Waals surface area contributed by atoms with Crippen LogP contribution in [0.4, 0.5) is 0 Å². The zero-order valence-electron chi connectivity index (χ0n) is 13.8. The second-order valence-electron chi connectivity index (χ2n) is 5.76. The van der Waals surface area contributed by atoms with E-state index in [0.717, 1.165) is 17.0 Å². The van der Waals surface area contributed by atoms with Crippen molar-refractivity contribution in [3.8, 4) is 6.07 Å². The molecule has 1 fully saturated rings. The number of nitriles is 1. The van der Waals surface area contributed by atoms with Gasteiger partial charge in [-0.05, 0) is 25.8 Å². The minimum atomic E-state index is 0.00533. The normalized spacial score (nSPS) is 15.0. The monoisotopic (exact) mass is 317 g/mol. The predicted octanol–water partition coefficient (Wildman–Crippen LogP) is 0.695. The molecule has 0 bridgehead atoms. The minimum Gasteiger partial charge on any atom is -0.354 e. The summed E-state index contributed by atoms with van der Waals surface area (Å²) >= 11 is 0. The van der Waals surface area contributed by atoms with Crippen molar-refractivity contribution in [3.63, 3.8) is 0 Å². The summed E-state index contributed by atoms with van der Waals surface area (Å²) in [5.74, 6) is 0.0795. The number of nitrogens with zero attached hydrogens (tertiary/aromatic N) is 4. The third kappa shape index (κ3) is 4.31. The molecule has 0 saturated carbocycles. The van der Waals surface area contributed by atoms with E-state index in [4.69, 9.17) is 5.26 Å². The largest absolute Gasteiger partial charge is 0.354 e. The highest BCUT2D eigenvalue weighted by molar-refractivity contribution is 5.80. The molecule has 23 heavy (non-hydrogen) atoms. The highest BCUT2D eigenvalue weighted by atomic mass is 16.2. The van der Waals surface area contributed by atoms with Gasteiger partial charge in [0.1, 0.15) is 0 Å². The topological polar surface area (TPSA) is 91.0 Å². The Morgan fingerprint density at radius 3 is 2.91 bits per heavy atom. The maximum atomic E-state index is 12.3. The SMILES string of the molecule is Cc1nn(CCC#N)c(C)c1CCC(=O)N1CCNC(=O)CC1. The Hall–Kier alpha value is -2.36. The van der Waals surface area contributed by atoms with Crippen LogP contribution in [-0.2, 0) is 22.6 Å². The first kappa shape index (κ1) is 17.0. The number of carbonyl (C=O) groups excluding carboxylic acids is 2. The van der Waals surface area contributed by atoms with E-state index in [1.165, 1.54) is 0 Å². The van der Waals surface area contributed by atoms with Crippen LogP contribution in [0.25, 0.3) is 0 Å². The van der Waals surface area contributed by atoms with E-state index in [-0.39, 0.29) is 11.8 Å². The van der Waals surface area contributed by atoms with Crippen LogP contribution in [0, 0.1) is 25.2 Å². The van der Waals surface area contributed by atoms with E-state index >= 15 is 0 Å². The fourth-order valence-corrected chi connectivity index (χ4v) is 2.88. The lowest BCUT2D eigenvalue weighted by molar-refractivity contribution is -0.131. The van der Waals surface area contributed by atoms with Gasteiger partial charge < -0.3 is 10.2 Å². The molecule has 0 aromatic carbocycles. The molecule has 1 aromatic rings. The van der Waals surface area contributed by atoms with E-state index in [9.17, 15) is 9.59 Å². The number of hydrogen-bond acceptors (Lipinski definition) is 4. The smallest absolute Gasteiger partial charge is 0.222 e. The van der Waals surface area contributed by atoms with Crippen LogP contribution in [0.1, 0.15) is 36.2 Å². The van der Waals surface area contributed by atoms with Crippen molar-refractivity contribution in [2.45, 2.75) is 46.1 Å². The molecule has 0 spiro atoms. The molecule has 0 aliphatic carbocycles. The van der Waals surface area contributed by atoms with Crippen LogP contribution in [-0.4, -0.2) is 46.1 Å². The standard InChI is InChI=1S/C16H23N5O2/c1-12-14(13(2)21(19-12)9-3-7-17)4-5-16(23)20-10-6-15(22)18-8-11-20/h3-6,8-11H2,1-2H3,(H,18,22). The van der Waals surface area contributed by atoms with Gasteiger partial charge in [-0.15, -0.1) is 0 Å². The van der Waals surface area contributed by atoms with Crippen LogP contribution in [0.2, 0.25) is 0 Å². The molecule has 1 N–H and O–H groups in total. The Bertz CT molecular complexity index is 629. The van der Waals surface area contributed by atoms with Crippen LogP contribution in [0.3, 0.4) is 0 Å². The van der Waals surface area contributed by atoms with Gasteiger partial charge in [0.05, 0.1) is 24.7 Å². The van der Waals surface area contributed by atoms with E-state index < -0.39 is 0 Å². The summed E-state index contributed by atoms with van der Waals surface area (Å²) in [6.45, 7) is 6.08. The summed E-state index contributed by atoms with van der Waals surface area (Å²) in [6.07, 6.45) is 1.85. The fraction of sp³-hybridized carbons (Fsp3) is 0.625. The third-order valence-electron chi connectivity index (χ3n) is 4.22. The van der Waals surface area contributed by atoms with Crippen LogP contribution in [0.5, 0.6) is 0 Å². The summed E-state index contributed by atoms with van der Waals surface area (Å²) in [5, 5.41) is 15.9. The first-order chi connectivity index (χ1) is 11.0. The molecule has 1 saturated heterocycles. The second kappa shape index (κ2) is 7.77. The van der Waals surface area contributed by atoms with Gasteiger partial charge in [0.25, 0.3) is 0 Å². The lowest BCUT2D eigenvalue weighted by Gasteiger charge is -2.19. The number of rotatable bonds is 5. The number of aryl methyl sites for hydroxylation is 2. The Morgan fingerprint density at radius 1 is 1.39 bits per heavy atom. The first-order valence-electron chi connectivity index (χ1n) is 7.97. The van der Waals surface area contributed by atoms with Crippen molar-refractivity contribution < 1.29 is 9.59 Å². The summed E-state index contributed by atoms with van der Waals surface area (Å²) in [7, 11) is 0. The maximum absolute atomic E-state index is 12.3. The van der Waals surface area contributed by atoms with Crippen LogP contribution < -0.4 is 5.32 Å². The Kier molecular flexibility index (Phi) is 5.74. The van der Waals surface area contributed by atoms with Gasteiger partial charge in [0, 0.05) is 38.2 Å². The van der Waals surface area contributed by atoms with Crippen molar-refractivity contribution in [3.05, 3.63) is 17.0 Å². The van der Waals surface area contributed by atoms with Gasteiger partial charge in [-0.3, -0.25) is 14.3 Å². The highest BCUT2D eigenvalue weighted by Gasteiger charge is 2.19. The predicted molar refractivity (Wildman–Crippen MR) is 84.5 cm³/mol. The number of aromatic nitrogens is 2. The number of hydrogen-bond donors (Lipinski definition) is 1. The highest BCUT2D eigenvalue weighted by Crippen LogP contribution is 2.16. The lowest BCUT2D eigenvalue weighted by atomic mass is 10.1. The zero-order valence-corrected chi connectivity index (χ0v) is 13.8. The van der Waals surface area contributed by atoms with Gasteiger partial charge in [0.15, 0.2) is 0 Å². The lowest BCUT2D eigenvalue weighted by Crippen LogP contribution is -2.34. The Labute approximate surface area is 136 Å². The molecule has 2 rings (SSSR count). The molecular formula is C16H23N5O2. The third-order valence-corrected chi connectivity index (χ3v) is 4.22. The molecule has 2 heterocycles. The van der Waals surface area contributed by atoms with E-state index in [1.807, 2.05) is 18.5 Å². The molecule has 0 unspecified atom stereocenters. The number of carbonyl (C=O) groups is 2. The Balaban J connectivity index is 1.95. The molecule has 7 heteroatoms. The zero-order chi connectivity index (χ0) is 16.8. The molecule has 0 radical (unpaired) electrons. The molecule has 124 valence electrons. The number of nitrogens with one attached hydrogen (secondary N) is 1. The van der Waals surface area contributed by atoms with Crippen molar-refractivity contribution in [2.75, 3.05) is 19.6 Å². The molecule has 1 aliphatic rings. The van der Waals surface area contributed by atoms with Crippen molar-refractivity contribution >= 4 is 11.8 Å². The van der Waals surface area contributed by atoms with Crippen LogP contribution >= 0.6 is 0 Å². The molecule has 1 aliphatic heterocycles. The summed E-state index contributed by atoms with van der Waals surface area (Å²) in [4.78, 5) is 25.4. The maximum Gasteiger partial charge on any atom is 0.222 e. The van der Waals surface area contributed by atoms with E-state index in [0.29, 0.717) is 51.9 Å². The minimum absolute atomic E-state index is 0.00533. The fourth-order valence-electron chi connectivity index (χ4n) is 2.88. The summed E-state index contributed by atoms with van der Waals surface area (Å²) < 4.78 is 1.84. The second-order valence-corrected chi connectivity index (χ2v) is 5.76.